The molecule has 118 valence electrons. The molecule has 0 radical (unpaired) electrons. The van der Waals surface area contributed by atoms with E-state index >= 15 is 0 Å². The average molecular weight is 396 g/mol. The van der Waals surface area contributed by atoms with E-state index in [1.54, 1.807) is 0 Å². The molecule has 0 aromatic rings. The maximum absolute atomic E-state index is 12.0. The summed E-state index contributed by atoms with van der Waals surface area (Å²) in [6.07, 6.45) is 4.44. The highest BCUT2D eigenvalue weighted by Crippen LogP contribution is 2.47. The molecule has 0 bridgehead atoms. The summed E-state index contributed by atoms with van der Waals surface area (Å²) in [7, 11) is 0. The lowest BCUT2D eigenvalue weighted by molar-refractivity contribution is -0.190. The summed E-state index contributed by atoms with van der Waals surface area (Å²) >= 11 is 2.14. The van der Waals surface area contributed by atoms with Gasteiger partial charge in [-0.15, -0.1) is 0 Å². The van der Waals surface area contributed by atoms with Crippen molar-refractivity contribution in [1.82, 2.24) is 0 Å². The monoisotopic (exact) mass is 396 g/mol. The Morgan fingerprint density at radius 2 is 1.75 bits per heavy atom. The van der Waals surface area contributed by atoms with E-state index in [1.807, 2.05) is 13.8 Å². The zero-order valence-electron chi connectivity index (χ0n) is 13.7. The molecule has 1 saturated carbocycles. The molecule has 1 unspecified atom stereocenters. The third-order valence-electron chi connectivity index (χ3n) is 4.58. The molecule has 1 aliphatic carbocycles. The third-order valence-corrected chi connectivity index (χ3v) is 5.78. The molecule has 0 amide bonds. The first-order valence-electron chi connectivity index (χ1n) is 7.51. The van der Waals surface area contributed by atoms with E-state index in [2.05, 4.69) is 50.3 Å². The number of halogens is 1. The van der Waals surface area contributed by atoms with E-state index < -0.39 is 3.42 Å². The Morgan fingerprint density at radius 1 is 1.25 bits per heavy atom. The number of rotatable bonds is 5. The molecular formula is C16H29IO3. The van der Waals surface area contributed by atoms with Gasteiger partial charge in [0.05, 0.1) is 6.10 Å². The standard InChI is InChI=1S/C16H29IO3/c1-7-16(6,17)13(18)20-11-19-12-14(2,3)9-8-10-15(12,4)5/h12H,7-11H2,1-6H3. The van der Waals surface area contributed by atoms with Crippen molar-refractivity contribution in [1.29, 1.82) is 0 Å². The highest BCUT2D eigenvalue weighted by molar-refractivity contribution is 14.1. The zero-order valence-corrected chi connectivity index (χ0v) is 15.9. The van der Waals surface area contributed by atoms with Crippen molar-refractivity contribution in [2.75, 3.05) is 6.79 Å². The van der Waals surface area contributed by atoms with Gasteiger partial charge in [0.25, 0.3) is 0 Å². The van der Waals surface area contributed by atoms with Crippen LogP contribution < -0.4 is 0 Å². The fraction of sp³-hybridized carbons (Fsp3) is 0.938. The normalized spacial score (nSPS) is 24.9. The minimum absolute atomic E-state index is 0.0644. The molecule has 0 heterocycles. The summed E-state index contributed by atoms with van der Waals surface area (Å²) in [6, 6.07) is 0. The summed E-state index contributed by atoms with van der Waals surface area (Å²) < 4.78 is 10.8. The number of carbonyl (C=O) groups excluding carboxylic acids is 1. The zero-order chi connectivity index (χ0) is 15.6. The van der Waals surface area contributed by atoms with Gasteiger partial charge in [0.2, 0.25) is 0 Å². The van der Waals surface area contributed by atoms with Gasteiger partial charge in [-0.05, 0) is 37.0 Å². The van der Waals surface area contributed by atoms with Crippen LogP contribution in [0.25, 0.3) is 0 Å². The van der Waals surface area contributed by atoms with Crippen molar-refractivity contribution in [3.05, 3.63) is 0 Å². The fourth-order valence-electron chi connectivity index (χ4n) is 3.22. The Balaban J connectivity index is 2.57. The Hall–Kier alpha value is 0.160. The van der Waals surface area contributed by atoms with Crippen LogP contribution in [-0.2, 0) is 14.3 Å². The Kier molecular flexibility index (Phi) is 5.93. The molecule has 3 nitrogen and oxygen atoms in total. The van der Waals surface area contributed by atoms with Crippen LogP contribution in [0, 0.1) is 10.8 Å². The van der Waals surface area contributed by atoms with E-state index in [9.17, 15) is 4.79 Å². The van der Waals surface area contributed by atoms with Gasteiger partial charge in [-0.3, -0.25) is 4.79 Å². The van der Waals surface area contributed by atoms with Crippen LogP contribution >= 0.6 is 22.6 Å². The molecule has 1 atom stereocenters. The summed E-state index contributed by atoms with van der Waals surface area (Å²) in [4.78, 5) is 12.0. The number of alkyl halides is 1. The minimum Gasteiger partial charge on any atom is -0.437 e. The first kappa shape index (κ1) is 18.2. The minimum atomic E-state index is -0.460. The van der Waals surface area contributed by atoms with Crippen molar-refractivity contribution in [3.8, 4) is 0 Å². The summed E-state index contributed by atoms with van der Waals surface area (Å²) in [5.41, 5.74) is 0.263. The first-order chi connectivity index (χ1) is 9.03. The highest BCUT2D eigenvalue weighted by Gasteiger charge is 2.45. The Labute approximate surface area is 137 Å². The van der Waals surface area contributed by atoms with Crippen LogP contribution in [-0.4, -0.2) is 22.3 Å². The molecule has 0 saturated heterocycles. The largest absolute Gasteiger partial charge is 0.437 e. The van der Waals surface area contributed by atoms with Crippen LogP contribution in [0.1, 0.15) is 67.2 Å². The van der Waals surface area contributed by atoms with Crippen LogP contribution in [0.2, 0.25) is 0 Å². The number of esters is 1. The SMILES string of the molecule is CCC(C)(I)C(=O)OCOC1C(C)(C)CCCC1(C)C. The molecule has 1 rings (SSSR count). The van der Waals surface area contributed by atoms with E-state index in [0.29, 0.717) is 0 Å². The fourth-order valence-corrected chi connectivity index (χ4v) is 3.38. The second kappa shape index (κ2) is 6.51. The Bertz CT molecular complexity index is 332. The molecule has 4 heteroatoms. The van der Waals surface area contributed by atoms with Crippen molar-refractivity contribution in [3.63, 3.8) is 0 Å². The molecule has 0 aliphatic heterocycles. The molecule has 0 aromatic heterocycles. The summed E-state index contributed by atoms with van der Waals surface area (Å²) in [6.45, 7) is 12.9. The predicted octanol–water partition coefficient (Wildman–Crippen LogP) is 4.71. The number of hydrogen-bond acceptors (Lipinski definition) is 3. The van der Waals surface area contributed by atoms with Gasteiger partial charge in [0.15, 0.2) is 6.79 Å². The third kappa shape index (κ3) is 4.33. The number of ether oxygens (including phenoxy) is 2. The van der Waals surface area contributed by atoms with Gasteiger partial charge in [0, 0.05) is 0 Å². The predicted molar refractivity (Wildman–Crippen MR) is 90.0 cm³/mol. The van der Waals surface area contributed by atoms with Crippen LogP contribution in [0.15, 0.2) is 0 Å². The van der Waals surface area contributed by atoms with Gasteiger partial charge >= 0.3 is 5.97 Å². The lowest BCUT2D eigenvalue weighted by Gasteiger charge is -2.48. The molecule has 1 aliphatic rings. The van der Waals surface area contributed by atoms with E-state index in [0.717, 1.165) is 19.3 Å². The quantitative estimate of drug-likeness (QED) is 0.292. The molecule has 0 N–H and O–H groups in total. The average Bonchev–Trinajstić information content (AvgIpc) is 2.31. The van der Waals surface area contributed by atoms with Crippen LogP contribution in [0.3, 0.4) is 0 Å². The van der Waals surface area contributed by atoms with Gasteiger partial charge in [-0.1, -0.05) is 63.6 Å². The molecule has 1 fully saturated rings. The molecule has 0 spiro atoms. The summed E-state index contributed by atoms with van der Waals surface area (Å²) in [5.74, 6) is -0.188. The molecular weight excluding hydrogens is 367 g/mol. The van der Waals surface area contributed by atoms with Crippen molar-refractivity contribution in [2.24, 2.45) is 10.8 Å². The second-order valence-corrected chi connectivity index (χ2v) is 9.86. The Morgan fingerprint density at radius 3 is 2.20 bits per heavy atom. The number of carbonyl (C=O) groups is 1. The topological polar surface area (TPSA) is 35.5 Å². The van der Waals surface area contributed by atoms with Crippen molar-refractivity contribution < 1.29 is 14.3 Å². The number of hydrogen-bond donors (Lipinski definition) is 0. The van der Waals surface area contributed by atoms with Crippen LogP contribution in [0.4, 0.5) is 0 Å². The highest BCUT2D eigenvalue weighted by atomic mass is 127. The first-order valence-corrected chi connectivity index (χ1v) is 8.58. The maximum Gasteiger partial charge on any atom is 0.323 e. The molecule has 20 heavy (non-hydrogen) atoms. The maximum atomic E-state index is 12.0. The van der Waals surface area contributed by atoms with Gasteiger partial charge < -0.3 is 9.47 Å². The van der Waals surface area contributed by atoms with Gasteiger partial charge in [0.1, 0.15) is 3.42 Å². The van der Waals surface area contributed by atoms with Crippen molar-refractivity contribution in [2.45, 2.75) is 76.8 Å². The van der Waals surface area contributed by atoms with Gasteiger partial charge in [-0.2, -0.15) is 0 Å². The van der Waals surface area contributed by atoms with E-state index in [1.165, 1.54) is 6.42 Å². The smallest absolute Gasteiger partial charge is 0.323 e. The van der Waals surface area contributed by atoms with E-state index in [4.69, 9.17) is 9.47 Å². The molecule has 0 aromatic carbocycles. The lowest BCUT2D eigenvalue weighted by Crippen LogP contribution is -2.47. The second-order valence-electron chi connectivity index (χ2n) is 7.48. The van der Waals surface area contributed by atoms with E-state index in [-0.39, 0.29) is 29.7 Å². The van der Waals surface area contributed by atoms with Crippen LogP contribution in [0.5, 0.6) is 0 Å². The summed E-state index contributed by atoms with van der Waals surface area (Å²) in [5, 5.41) is 0. The lowest BCUT2D eigenvalue weighted by atomic mass is 9.63. The van der Waals surface area contributed by atoms with Gasteiger partial charge in [-0.25, -0.2) is 0 Å². The van der Waals surface area contributed by atoms with Crippen molar-refractivity contribution >= 4 is 28.6 Å².